The van der Waals surface area contributed by atoms with E-state index < -0.39 is 81.5 Å². The molecule has 12 aliphatic rings. The molecule has 1 aromatic heterocycles. The molecule has 9 heterocycles. The molecule has 48 nitrogen and oxygen atoms in total. The number of hydrazine groups is 2. The topological polar surface area (TPSA) is 648 Å². The van der Waals surface area contributed by atoms with Gasteiger partial charge in [0, 0.05) is 76.3 Å². The van der Waals surface area contributed by atoms with Crippen LogP contribution in [-0.2, 0) is 111 Å². The Morgan fingerprint density at radius 1 is 0.561 bits per heavy atom. The number of nitrogens with one attached hydrogen (secondary N) is 4. The van der Waals surface area contributed by atoms with Gasteiger partial charge in [-0.05, 0) is 202 Å². The molecular formula is C99H163N19O29S. The Hall–Kier alpha value is -11.1. The molecule has 0 radical (unpaired) electrons. The molecule has 0 spiro atoms. The van der Waals surface area contributed by atoms with Gasteiger partial charge in [-0.25, -0.2) is 44.2 Å². The van der Waals surface area contributed by atoms with Crippen molar-refractivity contribution in [2.75, 3.05) is 85.3 Å². The fourth-order valence-corrected chi connectivity index (χ4v) is 19.2. The average Bonchev–Trinajstić information content (AvgIpc) is 1.63. The number of carbonyl (C=O) groups is 14. The minimum atomic E-state index is -4.76. The lowest BCUT2D eigenvalue weighted by atomic mass is 10.0. The van der Waals surface area contributed by atoms with Crippen molar-refractivity contribution < 1.29 is 137 Å². The van der Waals surface area contributed by atoms with E-state index in [1.54, 1.807) is 53.4 Å². The molecule has 2 aromatic carbocycles. The Kier molecular flexibility index (Phi) is 53.5. The number of ketones is 1. The number of urea groups is 3. The van der Waals surface area contributed by atoms with E-state index in [1.807, 2.05) is 101 Å². The smallest absolute Gasteiger partial charge is 0.418 e. The second kappa shape index (κ2) is 63.1. The van der Waals surface area contributed by atoms with E-state index in [0.29, 0.717) is 120 Å². The summed E-state index contributed by atoms with van der Waals surface area (Å²) in [6.07, 6.45) is 25.8. The Bertz CT molecular complexity index is 4700. The summed E-state index contributed by atoms with van der Waals surface area (Å²) in [4.78, 5) is 184. The van der Waals surface area contributed by atoms with Crippen molar-refractivity contribution >= 4 is 94.5 Å². The van der Waals surface area contributed by atoms with Gasteiger partial charge in [-0.15, -0.1) is 14.5 Å². The zero-order valence-corrected chi connectivity index (χ0v) is 88.9. The first-order chi connectivity index (χ1) is 69.9. The number of benzene rings is 2. The predicted molar refractivity (Wildman–Crippen MR) is 538 cm³/mol. The van der Waals surface area contributed by atoms with Gasteiger partial charge < -0.3 is 84.7 Å². The number of hydrogen-bond acceptors (Lipinski definition) is 34. The van der Waals surface area contributed by atoms with Gasteiger partial charge in [-0.1, -0.05) is 138 Å². The highest BCUT2D eigenvalue weighted by Crippen LogP contribution is 2.40. The molecular weight excluding hydrogens is 1950 g/mol. The maximum Gasteiger partial charge on any atom is 0.418 e. The number of likely N-dealkylation sites (tertiary alicyclic amines) is 1. The number of carboxylic acid groups (broad SMARTS) is 1. The molecule has 8 aliphatic heterocycles. The van der Waals surface area contributed by atoms with E-state index in [2.05, 4.69) is 46.9 Å². The quantitative estimate of drug-likeness (QED) is 0.00407. The first-order valence-electron chi connectivity index (χ1n) is 51.4. The van der Waals surface area contributed by atoms with Crippen LogP contribution in [0.25, 0.3) is 0 Å². The average molecular weight is 2120 g/mol. The summed E-state index contributed by atoms with van der Waals surface area (Å²) in [5, 5.41) is 29.9. The van der Waals surface area contributed by atoms with E-state index in [1.165, 1.54) is 86.0 Å². The second-order valence-electron chi connectivity index (χ2n) is 40.7. The highest BCUT2D eigenvalue weighted by Gasteiger charge is 2.52. The maximum atomic E-state index is 13.0. The Morgan fingerprint density at radius 2 is 1.01 bits per heavy atom. The lowest BCUT2D eigenvalue weighted by molar-refractivity contribution is -0.148. The summed E-state index contributed by atoms with van der Waals surface area (Å²) in [6.45, 7) is 28.0. The van der Waals surface area contributed by atoms with Crippen molar-refractivity contribution in [1.29, 1.82) is 0 Å². The third-order valence-corrected chi connectivity index (χ3v) is 26.3. The number of amides is 11. The normalized spacial score (nSPS) is 21.3. The number of hydrogen-bond donors (Lipinski definition) is 10. The summed E-state index contributed by atoms with van der Waals surface area (Å²) in [7, 11) is -4.76. The van der Waals surface area contributed by atoms with Crippen LogP contribution in [0.3, 0.4) is 0 Å². The van der Waals surface area contributed by atoms with E-state index >= 15 is 0 Å². The molecule has 49 heteroatoms. The monoisotopic (exact) mass is 2110 g/mol. The van der Waals surface area contributed by atoms with Crippen LogP contribution in [0.15, 0.2) is 65.1 Å². The third kappa shape index (κ3) is 43.4. The number of carbonyl (C=O) groups excluding carboxylic acids is 13. The lowest BCUT2D eigenvalue weighted by Gasteiger charge is -2.31. The molecule has 6 bridgehead atoms. The van der Waals surface area contributed by atoms with Crippen LogP contribution in [0, 0.1) is 11.8 Å². The Labute approximate surface area is 867 Å². The molecule has 16 N–H and O–H groups in total. The van der Waals surface area contributed by atoms with Crippen LogP contribution >= 0.6 is 0 Å². The number of nitrogens with zero attached hydrogens (tertiary/aromatic N) is 11. The number of piperidine rings is 3. The fourth-order valence-electron chi connectivity index (χ4n) is 18.9. The zero-order chi connectivity index (χ0) is 108. The molecule has 834 valence electrons. The maximum absolute atomic E-state index is 13.0. The third-order valence-electron chi connectivity index (χ3n) is 25.9. The first kappa shape index (κ1) is 126. The second-order valence-corrected chi connectivity index (χ2v) is 41.7. The largest absolute Gasteiger partial charge is 0.480 e. The van der Waals surface area contributed by atoms with E-state index in [4.69, 9.17) is 59.0 Å². The number of fused-ring (bicyclic) bond motifs is 6. The van der Waals surface area contributed by atoms with E-state index in [0.717, 1.165) is 120 Å². The minimum Gasteiger partial charge on any atom is -0.480 e. The van der Waals surface area contributed by atoms with Crippen LogP contribution in [0.5, 0.6) is 0 Å². The van der Waals surface area contributed by atoms with Crippen LogP contribution in [0.4, 0.5) is 28.8 Å². The van der Waals surface area contributed by atoms with Gasteiger partial charge >= 0.3 is 70.6 Å². The van der Waals surface area contributed by atoms with Crippen molar-refractivity contribution in [3.8, 4) is 0 Å². The van der Waals surface area contributed by atoms with Gasteiger partial charge in [-0.3, -0.25) is 69.9 Å². The predicted octanol–water partition coefficient (Wildman–Crippen LogP) is 8.81. The molecule has 8 saturated heterocycles. The summed E-state index contributed by atoms with van der Waals surface area (Å²) in [5.74, 6) is 12.6. The SMILES string of the molecule is CC(C)(C)OC(=O)N(CC(=O)CNC(=O)[C@@H]1CC[C@@H]2CN1C(=O)N2OCc1ccccc1)C1CCCC1.CC(C)(C)OC(=O)N(CC(=O)NN)C1CCCC1.CC(C)(C)OC(=O)N1CC[C@H](N)C1.CCOC(=O)C=O.CCOC(=O)CCC1CCCC1.CCOC(=O)CCC1CCCC1.NN.O.O=C(O)[C@@H]1CC[C@@H]2CN1C(=O)N2OCc1ccccc1.O=C1N2C[C@@H](CC[C@H]2c2nnc(CN[C@H]3CCNC3)o2)N1OS(=O)(=O)O. The number of rotatable bonds is 32. The number of aromatic nitrogens is 2. The zero-order valence-electron chi connectivity index (χ0n) is 88.0. The van der Waals surface area contributed by atoms with Crippen molar-refractivity contribution in [3.05, 3.63) is 83.6 Å². The number of esters is 3. The molecule has 12 fully saturated rings. The van der Waals surface area contributed by atoms with Crippen molar-refractivity contribution in [3.63, 3.8) is 0 Å². The van der Waals surface area contributed by atoms with Crippen molar-refractivity contribution in [1.82, 2.24) is 76.2 Å². The number of Topliss-reactive ketones (excluding diaryl/α,β-unsaturated/α-hetero) is 1. The van der Waals surface area contributed by atoms with Gasteiger partial charge in [0.05, 0.1) is 57.6 Å². The fraction of sp³-hybridized carbons (Fsp3) is 0.717. The standard InChI is InChI=1S/C27H38N4O6.C14H16N2O4.C13H20N6O6S.C12H23N3O3.2C10H18O2.C9H18N2O2.C4H6O3.H4N2.H2O/c1-27(2,3)37-26(35)29(20-11-7-8-12-20)17-22(32)15-28-24(33)23-14-13-21-16-30(23)25(34)31(21)36-18-19-9-5-4-6-10-19;17-13(18)12-7-6-11-8-15(12)14(19)16(11)20-9-10-4-2-1-3-5-10;20-13-18-7-9(19(13)25-26(21,22)23)1-2-10(18)12-17-16-11(24-12)6-15-8-3-4-14-5-8;1-12(2,3)18-11(17)15(8-10(16)14-13)9-6-4-5-7-9;2*1-2-12-10(11)8-7-9-5-3-4-6-9;1-9(2,3)13-8(12)11-5-4-7(10)6-11;1-2-7-4(6)3-5;1-2;/h4-6,9-10,20-21,23H,7-8,11-18H2,1-3H3,(H,28,33);1-5,11-12H,6-9H2,(H,17,18);8-10,14-15H,1-7H2,(H,21,22,23);9H,4-8,13H2,1-3H3,(H,14,16);2*9H,2-8H2,1H3;7H,4-6,10H2,1-3H3;3H,2H2,1H3;1-2H2;1H2/t21-,23+;11-,12+;8-,9+,10-;;;;7-;;;/m110...0.../s1. The van der Waals surface area contributed by atoms with E-state index in [9.17, 15) is 75.5 Å². The van der Waals surface area contributed by atoms with Crippen LogP contribution in [0.2, 0.25) is 0 Å². The molecule has 148 heavy (non-hydrogen) atoms. The number of aliphatic carboxylic acids is 1. The summed E-state index contributed by atoms with van der Waals surface area (Å²) in [6, 6.07) is 16.0. The number of nitrogens with two attached hydrogens (primary N) is 4. The molecule has 8 atom stereocenters. The van der Waals surface area contributed by atoms with Gasteiger partial charge in [0.1, 0.15) is 54.7 Å². The number of aldehydes is 1. The number of hydroxylamine groups is 6. The van der Waals surface area contributed by atoms with E-state index in [-0.39, 0.29) is 129 Å². The molecule has 3 aromatic rings. The molecule has 4 aliphatic carbocycles. The highest BCUT2D eigenvalue weighted by molar-refractivity contribution is 7.80. The Morgan fingerprint density at radius 3 is 1.43 bits per heavy atom. The van der Waals surface area contributed by atoms with Gasteiger partial charge in [-0.2, -0.15) is 23.6 Å². The van der Waals surface area contributed by atoms with Crippen molar-refractivity contribution in [2.24, 2.45) is 35.1 Å². The minimum absolute atomic E-state index is 0. The molecule has 15 rings (SSSR count). The van der Waals surface area contributed by atoms with Crippen LogP contribution < -0.4 is 44.6 Å². The van der Waals surface area contributed by atoms with Crippen LogP contribution in [-0.4, -0.2) is 319 Å². The Balaban J connectivity index is 0.000000269. The summed E-state index contributed by atoms with van der Waals surface area (Å²) >= 11 is 0. The molecule has 0 unspecified atom stereocenters. The molecule has 4 saturated carbocycles. The van der Waals surface area contributed by atoms with Gasteiger partial charge in [0.15, 0.2) is 5.78 Å². The molecule has 11 amide bonds. The summed E-state index contributed by atoms with van der Waals surface area (Å²) < 4.78 is 70.7. The van der Waals surface area contributed by atoms with Crippen LogP contribution in [0.1, 0.15) is 292 Å². The van der Waals surface area contributed by atoms with Crippen molar-refractivity contribution in [2.45, 2.75) is 360 Å². The number of carboxylic acids is 1. The lowest BCUT2D eigenvalue weighted by Crippen LogP contribution is -2.51. The summed E-state index contributed by atoms with van der Waals surface area (Å²) in [5.41, 5.74) is 8.02. The first-order valence-corrected chi connectivity index (χ1v) is 52.8. The number of ether oxygens (including phenoxy) is 6. The van der Waals surface area contributed by atoms with Gasteiger partial charge in [0.25, 0.3) is 5.91 Å². The highest BCUT2D eigenvalue weighted by atomic mass is 32.3. The van der Waals surface area contributed by atoms with Gasteiger partial charge in [0.2, 0.25) is 24.0 Å².